The maximum Gasteiger partial charge on any atom is 0.252 e. The van der Waals surface area contributed by atoms with Crippen molar-refractivity contribution in [1.29, 1.82) is 0 Å². The van der Waals surface area contributed by atoms with Crippen molar-refractivity contribution in [3.05, 3.63) is 51.8 Å². The highest BCUT2D eigenvalue weighted by Crippen LogP contribution is 2.33. The molecule has 3 aromatic rings. The highest BCUT2D eigenvalue weighted by molar-refractivity contribution is 7.16. The number of methoxy groups -OCH3 is 3. The summed E-state index contributed by atoms with van der Waals surface area (Å²) in [7, 11) is 4.83. The maximum atomic E-state index is 12.5. The number of halogens is 1. The van der Waals surface area contributed by atoms with Crippen LogP contribution in [-0.2, 0) is 22.5 Å². The number of thiazole rings is 1. The summed E-state index contributed by atoms with van der Waals surface area (Å²) in [5, 5.41) is 0.637. The standard InChI is InChI=1S/C20H21ClN2O4S/c1-25-9-8-23-15-11-16(26-2)17(27-3)12-18(15)28-20(23)22-19(24)10-13-4-6-14(21)7-5-13/h4-7,11-12H,8-10H2,1-3H3. The van der Waals surface area contributed by atoms with Gasteiger partial charge in [0.15, 0.2) is 16.3 Å². The van der Waals surface area contributed by atoms with Gasteiger partial charge in [0.1, 0.15) is 0 Å². The zero-order valence-electron chi connectivity index (χ0n) is 15.9. The second kappa shape index (κ2) is 9.23. The molecule has 0 saturated carbocycles. The SMILES string of the molecule is COCCn1c(=NC(=O)Cc2ccc(Cl)cc2)sc2cc(OC)c(OC)cc21. The number of aromatic nitrogens is 1. The third kappa shape index (κ3) is 4.55. The van der Waals surface area contributed by atoms with E-state index in [0.29, 0.717) is 34.5 Å². The lowest BCUT2D eigenvalue weighted by molar-refractivity contribution is -0.117. The van der Waals surface area contributed by atoms with E-state index < -0.39 is 0 Å². The van der Waals surface area contributed by atoms with E-state index in [1.165, 1.54) is 11.3 Å². The van der Waals surface area contributed by atoms with Gasteiger partial charge in [-0.25, -0.2) is 0 Å². The van der Waals surface area contributed by atoms with E-state index in [4.69, 9.17) is 25.8 Å². The molecule has 6 nitrogen and oxygen atoms in total. The Morgan fingerprint density at radius 3 is 2.43 bits per heavy atom. The Bertz CT molecular complexity index is 1040. The molecule has 148 valence electrons. The van der Waals surface area contributed by atoms with E-state index in [1.54, 1.807) is 33.5 Å². The van der Waals surface area contributed by atoms with Crippen molar-refractivity contribution in [1.82, 2.24) is 4.57 Å². The van der Waals surface area contributed by atoms with Crippen molar-refractivity contribution in [2.24, 2.45) is 4.99 Å². The molecular weight excluding hydrogens is 400 g/mol. The molecule has 1 heterocycles. The van der Waals surface area contributed by atoms with E-state index in [1.807, 2.05) is 28.8 Å². The van der Waals surface area contributed by atoms with Crippen LogP contribution in [-0.4, -0.2) is 38.4 Å². The second-order valence-corrected chi connectivity index (χ2v) is 7.46. The summed E-state index contributed by atoms with van der Waals surface area (Å²) in [6.45, 7) is 1.07. The fourth-order valence-corrected chi connectivity index (χ4v) is 4.01. The summed E-state index contributed by atoms with van der Waals surface area (Å²) < 4.78 is 18.9. The number of amides is 1. The van der Waals surface area contributed by atoms with Crippen LogP contribution in [0.2, 0.25) is 5.02 Å². The topological polar surface area (TPSA) is 62.1 Å². The number of hydrogen-bond acceptors (Lipinski definition) is 5. The number of nitrogens with zero attached hydrogens (tertiary/aromatic N) is 2. The average Bonchev–Trinajstić information content (AvgIpc) is 3.02. The number of hydrogen-bond donors (Lipinski definition) is 0. The smallest absolute Gasteiger partial charge is 0.252 e. The lowest BCUT2D eigenvalue weighted by Gasteiger charge is -2.09. The van der Waals surface area contributed by atoms with Gasteiger partial charge in [0.2, 0.25) is 0 Å². The quantitative estimate of drug-likeness (QED) is 0.584. The summed E-state index contributed by atoms with van der Waals surface area (Å²) >= 11 is 7.33. The molecule has 0 fully saturated rings. The molecule has 0 N–H and O–H groups in total. The second-order valence-electron chi connectivity index (χ2n) is 6.01. The van der Waals surface area contributed by atoms with E-state index in [9.17, 15) is 4.79 Å². The Kier molecular flexibility index (Phi) is 6.72. The van der Waals surface area contributed by atoms with Gasteiger partial charge in [-0.1, -0.05) is 35.1 Å². The third-order valence-corrected chi connectivity index (χ3v) is 5.49. The van der Waals surface area contributed by atoms with Crippen molar-refractivity contribution >= 4 is 39.1 Å². The van der Waals surface area contributed by atoms with Crippen molar-refractivity contribution < 1.29 is 19.0 Å². The van der Waals surface area contributed by atoms with Gasteiger partial charge in [-0.15, -0.1) is 0 Å². The lowest BCUT2D eigenvalue weighted by Crippen LogP contribution is -2.19. The van der Waals surface area contributed by atoms with Crippen LogP contribution < -0.4 is 14.3 Å². The van der Waals surface area contributed by atoms with Crippen molar-refractivity contribution in [3.63, 3.8) is 0 Å². The van der Waals surface area contributed by atoms with Crippen LogP contribution in [0.1, 0.15) is 5.56 Å². The molecule has 8 heteroatoms. The van der Waals surface area contributed by atoms with Crippen LogP contribution in [0.3, 0.4) is 0 Å². The fraction of sp³-hybridized carbons (Fsp3) is 0.300. The first-order valence-corrected chi connectivity index (χ1v) is 9.81. The van der Waals surface area contributed by atoms with E-state index >= 15 is 0 Å². The Labute approximate surface area is 171 Å². The lowest BCUT2D eigenvalue weighted by atomic mass is 10.1. The molecule has 0 aliphatic rings. The monoisotopic (exact) mass is 420 g/mol. The normalized spacial score (nSPS) is 11.8. The van der Waals surface area contributed by atoms with Gasteiger partial charge >= 0.3 is 0 Å². The van der Waals surface area contributed by atoms with Crippen molar-refractivity contribution in [3.8, 4) is 11.5 Å². The summed E-state index contributed by atoms with van der Waals surface area (Å²) in [6, 6.07) is 11.0. The molecule has 0 spiro atoms. The number of ether oxygens (including phenoxy) is 3. The molecular formula is C20H21ClN2O4S. The van der Waals surface area contributed by atoms with Gasteiger partial charge < -0.3 is 18.8 Å². The molecule has 28 heavy (non-hydrogen) atoms. The fourth-order valence-electron chi connectivity index (χ4n) is 2.80. The molecule has 0 saturated heterocycles. The minimum absolute atomic E-state index is 0.211. The first kappa shape index (κ1) is 20.4. The van der Waals surface area contributed by atoms with Gasteiger partial charge in [-0.05, 0) is 17.7 Å². The largest absolute Gasteiger partial charge is 0.493 e. The van der Waals surface area contributed by atoms with Gasteiger partial charge in [0, 0.05) is 30.8 Å². The maximum absolute atomic E-state index is 12.5. The van der Waals surface area contributed by atoms with Gasteiger partial charge in [-0.2, -0.15) is 4.99 Å². The summed E-state index contributed by atoms with van der Waals surface area (Å²) in [5.41, 5.74) is 1.78. The Hall–Kier alpha value is -2.35. The molecule has 0 aliphatic carbocycles. The van der Waals surface area contributed by atoms with Crippen molar-refractivity contribution in [2.45, 2.75) is 13.0 Å². The molecule has 3 rings (SSSR count). The number of carbonyl (C=O) groups is 1. The Balaban J connectivity index is 2.03. The van der Waals surface area contributed by atoms with Gasteiger partial charge in [0.25, 0.3) is 5.91 Å². The van der Waals surface area contributed by atoms with Gasteiger partial charge in [-0.3, -0.25) is 4.79 Å². The minimum Gasteiger partial charge on any atom is -0.493 e. The van der Waals surface area contributed by atoms with Crippen LogP contribution in [0.15, 0.2) is 41.4 Å². The summed E-state index contributed by atoms with van der Waals surface area (Å²) in [5.74, 6) is 1.03. The molecule has 2 aromatic carbocycles. The van der Waals surface area contributed by atoms with E-state index in [0.717, 1.165) is 15.8 Å². The van der Waals surface area contributed by atoms with Crippen LogP contribution >= 0.6 is 22.9 Å². The van der Waals surface area contributed by atoms with E-state index in [-0.39, 0.29) is 12.3 Å². The number of carbonyl (C=O) groups excluding carboxylic acids is 1. The Morgan fingerprint density at radius 2 is 1.79 bits per heavy atom. The zero-order valence-corrected chi connectivity index (χ0v) is 17.5. The first-order chi connectivity index (χ1) is 13.5. The third-order valence-electron chi connectivity index (χ3n) is 4.20. The van der Waals surface area contributed by atoms with Crippen LogP contribution in [0.25, 0.3) is 10.2 Å². The highest BCUT2D eigenvalue weighted by Gasteiger charge is 2.13. The van der Waals surface area contributed by atoms with Crippen LogP contribution in [0, 0.1) is 0 Å². The summed E-state index contributed by atoms with van der Waals surface area (Å²) in [4.78, 5) is 17.5. The van der Waals surface area contributed by atoms with Crippen LogP contribution in [0.5, 0.6) is 11.5 Å². The first-order valence-electron chi connectivity index (χ1n) is 8.62. The number of fused-ring (bicyclic) bond motifs is 1. The average molecular weight is 421 g/mol. The predicted octanol–water partition coefficient (Wildman–Crippen LogP) is 3.69. The molecule has 0 unspecified atom stereocenters. The molecule has 1 amide bonds. The predicted molar refractivity (Wildman–Crippen MR) is 111 cm³/mol. The van der Waals surface area contributed by atoms with Crippen molar-refractivity contribution in [2.75, 3.05) is 27.9 Å². The minimum atomic E-state index is -0.223. The molecule has 0 aliphatic heterocycles. The Morgan fingerprint density at radius 1 is 1.11 bits per heavy atom. The number of rotatable bonds is 7. The molecule has 0 bridgehead atoms. The molecule has 0 radical (unpaired) electrons. The summed E-state index contributed by atoms with van der Waals surface area (Å²) in [6.07, 6.45) is 0.211. The number of benzene rings is 2. The molecule has 1 aromatic heterocycles. The van der Waals surface area contributed by atoms with Crippen LogP contribution in [0.4, 0.5) is 0 Å². The highest BCUT2D eigenvalue weighted by atomic mass is 35.5. The zero-order chi connectivity index (χ0) is 20.1. The van der Waals surface area contributed by atoms with E-state index in [2.05, 4.69) is 4.99 Å². The molecule has 0 atom stereocenters. The van der Waals surface area contributed by atoms with Gasteiger partial charge in [0.05, 0.1) is 37.5 Å².